The minimum Gasteiger partial charge on any atom is -0.508 e. The average Bonchev–Trinajstić information content (AvgIpc) is 2.31. The first-order chi connectivity index (χ1) is 8.17. The van der Waals surface area contributed by atoms with Crippen LogP contribution in [0.15, 0.2) is 24.3 Å². The molecule has 2 unspecified atom stereocenters. The van der Waals surface area contributed by atoms with Crippen LogP contribution in [0.3, 0.4) is 0 Å². The monoisotopic (exact) mass is 237 g/mol. The highest BCUT2D eigenvalue weighted by atomic mass is 16.5. The van der Waals surface area contributed by atoms with Gasteiger partial charge >= 0.3 is 0 Å². The number of nitrogens with one attached hydrogen (secondary N) is 1. The molecule has 3 heteroatoms. The highest BCUT2D eigenvalue weighted by Gasteiger charge is 2.16. The molecule has 0 aliphatic carbocycles. The van der Waals surface area contributed by atoms with Crippen LogP contribution in [-0.2, 0) is 11.2 Å². The van der Waals surface area contributed by atoms with Gasteiger partial charge in [0.2, 0.25) is 0 Å². The molecule has 1 aromatic carbocycles. The summed E-state index contributed by atoms with van der Waals surface area (Å²) >= 11 is 0. The first-order valence-corrected chi connectivity index (χ1v) is 6.30. The number of phenols is 1. The first-order valence-electron chi connectivity index (χ1n) is 6.30. The van der Waals surface area contributed by atoms with Gasteiger partial charge in [-0.05, 0) is 44.5 Å². The molecule has 2 atom stereocenters. The molecule has 96 valence electrons. The lowest BCUT2D eigenvalue weighted by Gasteiger charge is -2.24. The van der Waals surface area contributed by atoms with E-state index in [0.717, 1.165) is 19.6 Å². The number of benzene rings is 1. The molecule has 2 N–H and O–H groups in total. The molecular weight excluding hydrogens is 214 g/mol. The van der Waals surface area contributed by atoms with Gasteiger partial charge in [-0.25, -0.2) is 0 Å². The third-order valence-corrected chi connectivity index (χ3v) is 2.85. The second-order valence-corrected chi connectivity index (χ2v) is 4.20. The van der Waals surface area contributed by atoms with Gasteiger partial charge < -0.3 is 15.2 Å². The topological polar surface area (TPSA) is 41.5 Å². The molecule has 0 radical (unpaired) electrons. The highest BCUT2D eigenvalue weighted by molar-refractivity contribution is 5.26. The molecule has 0 amide bonds. The Hall–Kier alpha value is -1.06. The highest BCUT2D eigenvalue weighted by Crippen LogP contribution is 2.13. The van der Waals surface area contributed by atoms with E-state index in [-0.39, 0.29) is 6.10 Å². The third-order valence-electron chi connectivity index (χ3n) is 2.85. The van der Waals surface area contributed by atoms with Gasteiger partial charge in [-0.1, -0.05) is 19.1 Å². The molecule has 0 heterocycles. The summed E-state index contributed by atoms with van der Waals surface area (Å²) in [5.74, 6) is 0.312. The van der Waals surface area contributed by atoms with Crippen molar-refractivity contribution in [3.8, 4) is 5.75 Å². The first kappa shape index (κ1) is 14.0. The van der Waals surface area contributed by atoms with Crippen molar-refractivity contribution in [2.45, 2.75) is 39.3 Å². The number of likely N-dealkylation sites (N-methyl/N-ethyl adjacent to an activating group) is 1. The molecule has 3 nitrogen and oxygen atoms in total. The molecule has 0 bridgehead atoms. The van der Waals surface area contributed by atoms with Gasteiger partial charge in [0.25, 0.3) is 0 Å². The minimum absolute atomic E-state index is 0.189. The fourth-order valence-corrected chi connectivity index (χ4v) is 1.93. The number of hydrogen-bond acceptors (Lipinski definition) is 3. The average molecular weight is 237 g/mol. The molecule has 1 aromatic rings. The van der Waals surface area contributed by atoms with Crippen LogP contribution in [-0.4, -0.2) is 30.4 Å². The minimum atomic E-state index is 0.189. The normalized spacial score (nSPS) is 14.5. The number of aromatic hydroxyl groups is 1. The number of ether oxygens (including phenoxy) is 1. The summed E-state index contributed by atoms with van der Waals surface area (Å²) in [5, 5.41) is 12.7. The molecule has 0 spiro atoms. The fourth-order valence-electron chi connectivity index (χ4n) is 1.93. The molecule has 0 aromatic heterocycles. The van der Waals surface area contributed by atoms with Crippen LogP contribution in [0.5, 0.6) is 5.75 Å². The third kappa shape index (κ3) is 4.75. The summed E-state index contributed by atoms with van der Waals surface area (Å²) in [7, 11) is 0. The van der Waals surface area contributed by atoms with E-state index in [0.29, 0.717) is 11.8 Å². The predicted octanol–water partition coefficient (Wildman–Crippen LogP) is 2.34. The molecule has 0 aliphatic rings. The number of rotatable bonds is 7. The van der Waals surface area contributed by atoms with Gasteiger partial charge in [-0.2, -0.15) is 0 Å². The van der Waals surface area contributed by atoms with Crippen LogP contribution in [0.4, 0.5) is 0 Å². The zero-order chi connectivity index (χ0) is 12.7. The van der Waals surface area contributed by atoms with E-state index in [9.17, 15) is 5.11 Å². The number of phenolic OH excluding ortho intramolecular Hbond substituents is 1. The Morgan fingerprint density at radius 1 is 1.24 bits per heavy atom. The number of hydrogen-bond donors (Lipinski definition) is 2. The maximum absolute atomic E-state index is 9.25. The van der Waals surface area contributed by atoms with E-state index >= 15 is 0 Å². The molecule has 0 saturated carbocycles. The Kier molecular flexibility index (Phi) is 6.01. The van der Waals surface area contributed by atoms with E-state index in [1.807, 2.05) is 19.1 Å². The summed E-state index contributed by atoms with van der Waals surface area (Å²) in [6.07, 6.45) is 1.10. The van der Waals surface area contributed by atoms with Gasteiger partial charge in [0.05, 0.1) is 6.10 Å². The van der Waals surface area contributed by atoms with Crippen molar-refractivity contribution in [3.05, 3.63) is 29.8 Å². The molecule has 1 rings (SSSR count). The van der Waals surface area contributed by atoms with Gasteiger partial charge in [-0.15, -0.1) is 0 Å². The quantitative estimate of drug-likeness (QED) is 0.765. The van der Waals surface area contributed by atoms with Crippen molar-refractivity contribution >= 4 is 0 Å². The van der Waals surface area contributed by atoms with Gasteiger partial charge in [-0.3, -0.25) is 0 Å². The summed E-state index contributed by atoms with van der Waals surface area (Å²) < 4.78 is 5.64. The lowest BCUT2D eigenvalue weighted by molar-refractivity contribution is 0.0480. The molecular formula is C14H23NO2. The van der Waals surface area contributed by atoms with Crippen LogP contribution < -0.4 is 5.32 Å². The van der Waals surface area contributed by atoms with Crippen LogP contribution >= 0.6 is 0 Å². The standard InChI is InChI=1S/C14H23NO2/c1-4-15-14(11(3)17-5-2)10-12-6-8-13(16)9-7-12/h6-9,11,14-16H,4-5,10H2,1-3H3. The van der Waals surface area contributed by atoms with E-state index in [2.05, 4.69) is 19.2 Å². The summed E-state index contributed by atoms with van der Waals surface area (Å²) in [4.78, 5) is 0. The van der Waals surface area contributed by atoms with Crippen LogP contribution in [0, 0.1) is 0 Å². The van der Waals surface area contributed by atoms with Crippen LogP contribution in [0.1, 0.15) is 26.3 Å². The van der Waals surface area contributed by atoms with Crippen molar-refractivity contribution in [1.29, 1.82) is 0 Å². The Balaban J connectivity index is 2.62. The largest absolute Gasteiger partial charge is 0.508 e. The van der Waals surface area contributed by atoms with Crippen molar-refractivity contribution in [2.75, 3.05) is 13.2 Å². The Labute approximate surface area is 104 Å². The van der Waals surface area contributed by atoms with Crippen molar-refractivity contribution in [2.24, 2.45) is 0 Å². The summed E-state index contributed by atoms with van der Waals surface area (Å²) in [5.41, 5.74) is 1.21. The van der Waals surface area contributed by atoms with Gasteiger partial charge in [0, 0.05) is 12.6 Å². The van der Waals surface area contributed by atoms with E-state index in [4.69, 9.17) is 4.74 Å². The van der Waals surface area contributed by atoms with E-state index in [1.54, 1.807) is 12.1 Å². The van der Waals surface area contributed by atoms with Gasteiger partial charge in [0.15, 0.2) is 0 Å². The lowest BCUT2D eigenvalue weighted by Crippen LogP contribution is -2.41. The van der Waals surface area contributed by atoms with Crippen molar-refractivity contribution < 1.29 is 9.84 Å². The SMILES string of the molecule is CCNC(Cc1ccc(O)cc1)C(C)OCC. The van der Waals surface area contributed by atoms with Crippen molar-refractivity contribution in [1.82, 2.24) is 5.32 Å². The summed E-state index contributed by atoms with van der Waals surface area (Å²) in [6.45, 7) is 7.87. The molecule has 0 aliphatic heterocycles. The van der Waals surface area contributed by atoms with E-state index < -0.39 is 0 Å². The molecule has 0 saturated heterocycles. The van der Waals surface area contributed by atoms with Gasteiger partial charge in [0.1, 0.15) is 5.75 Å². The Bertz CT molecular complexity index is 311. The molecule has 0 fully saturated rings. The predicted molar refractivity (Wildman–Crippen MR) is 70.4 cm³/mol. The van der Waals surface area contributed by atoms with Crippen LogP contribution in [0.2, 0.25) is 0 Å². The second kappa shape index (κ2) is 7.30. The molecule has 17 heavy (non-hydrogen) atoms. The summed E-state index contributed by atoms with van der Waals surface area (Å²) in [6, 6.07) is 7.67. The van der Waals surface area contributed by atoms with E-state index in [1.165, 1.54) is 5.56 Å². The zero-order valence-electron chi connectivity index (χ0n) is 10.9. The zero-order valence-corrected chi connectivity index (χ0v) is 10.9. The van der Waals surface area contributed by atoms with Crippen LogP contribution in [0.25, 0.3) is 0 Å². The van der Waals surface area contributed by atoms with Crippen molar-refractivity contribution in [3.63, 3.8) is 0 Å². The Morgan fingerprint density at radius 3 is 2.41 bits per heavy atom. The smallest absolute Gasteiger partial charge is 0.115 e. The fraction of sp³-hybridized carbons (Fsp3) is 0.571. The lowest BCUT2D eigenvalue weighted by atomic mass is 10.0. The maximum atomic E-state index is 9.25. The maximum Gasteiger partial charge on any atom is 0.115 e. The second-order valence-electron chi connectivity index (χ2n) is 4.20. The Morgan fingerprint density at radius 2 is 1.88 bits per heavy atom.